The van der Waals surface area contributed by atoms with E-state index in [-0.39, 0.29) is 0 Å². The van der Waals surface area contributed by atoms with Crippen LogP contribution in [0.4, 0.5) is 0 Å². The van der Waals surface area contributed by atoms with Gasteiger partial charge in [-0.05, 0) is 31.2 Å². The van der Waals surface area contributed by atoms with Gasteiger partial charge in [0.25, 0.3) is 0 Å². The molecule has 4 nitrogen and oxygen atoms in total. The maximum absolute atomic E-state index is 5.73. The number of nitrogens with zero attached hydrogens (tertiary/aromatic N) is 1. The summed E-state index contributed by atoms with van der Waals surface area (Å²) in [6.07, 6.45) is 1.12. The van der Waals surface area contributed by atoms with Crippen LogP contribution in [0, 0.1) is 0 Å². The lowest BCUT2D eigenvalue weighted by molar-refractivity contribution is 0.156. The third kappa shape index (κ3) is 3.02. The molecule has 1 aliphatic rings. The molecule has 0 bridgehead atoms. The molecule has 18 heavy (non-hydrogen) atoms. The van der Waals surface area contributed by atoms with Crippen LogP contribution in [-0.4, -0.2) is 38.3 Å². The lowest BCUT2D eigenvalue weighted by Gasteiger charge is -2.23. The predicted octanol–water partition coefficient (Wildman–Crippen LogP) is 1.37. The van der Waals surface area contributed by atoms with Gasteiger partial charge in [0.05, 0.1) is 13.7 Å². The number of methoxy groups -OCH3 is 1. The van der Waals surface area contributed by atoms with Crippen molar-refractivity contribution in [2.45, 2.75) is 25.6 Å². The van der Waals surface area contributed by atoms with Gasteiger partial charge in [-0.1, -0.05) is 6.07 Å². The second-order valence-corrected chi connectivity index (χ2v) is 4.78. The van der Waals surface area contributed by atoms with Gasteiger partial charge < -0.3 is 15.2 Å². The molecule has 0 aromatic heterocycles. The second kappa shape index (κ2) is 6.18. The number of hydrogen-bond acceptors (Lipinski definition) is 4. The topological polar surface area (TPSA) is 47.7 Å². The molecule has 2 N–H and O–H groups in total. The summed E-state index contributed by atoms with van der Waals surface area (Å²) in [5.41, 5.74) is 8.06. The Kier molecular flexibility index (Phi) is 4.58. The van der Waals surface area contributed by atoms with Crippen molar-refractivity contribution >= 4 is 0 Å². The van der Waals surface area contributed by atoms with Gasteiger partial charge in [-0.15, -0.1) is 0 Å². The molecule has 1 saturated heterocycles. The van der Waals surface area contributed by atoms with Gasteiger partial charge in [-0.3, -0.25) is 4.90 Å². The zero-order valence-corrected chi connectivity index (χ0v) is 11.2. The third-order valence-electron chi connectivity index (χ3n) is 3.53. The Morgan fingerprint density at radius 1 is 1.50 bits per heavy atom. The molecule has 0 amide bonds. The van der Waals surface area contributed by atoms with Gasteiger partial charge in [0.15, 0.2) is 0 Å². The highest BCUT2D eigenvalue weighted by atomic mass is 16.5. The van der Waals surface area contributed by atoms with E-state index in [1.165, 1.54) is 5.56 Å². The Bertz CT molecular complexity index is 389. The SMILES string of the molecule is COc1ccc(CN(C)C2CCOC2)cc1CN. The van der Waals surface area contributed by atoms with Gasteiger partial charge in [0.1, 0.15) is 5.75 Å². The average Bonchev–Trinajstić information content (AvgIpc) is 2.92. The molecular weight excluding hydrogens is 228 g/mol. The van der Waals surface area contributed by atoms with Crippen molar-refractivity contribution in [3.8, 4) is 5.75 Å². The summed E-state index contributed by atoms with van der Waals surface area (Å²) < 4.78 is 10.7. The summed E-state index contributed by atoms with van der Waals surface area (Å²) in [4.78, 5) is 2.34. The summed E-state index contributed by atoms with van der Waals surface area (Å²) in [6.45, 7) is 3.15. The summed E-state index contributed by atoms with van der Waals surface area (Å²) in [5, 5.41) is 0. The summed E-state index contributed by atoms with van der Waals surface area (Å²) in [6, 6.07) is 6.76. The van der Waals surface area contributed by atoms with Crippen molar-refractivity contribution in [3.63, 3.8) is 0 Å². The van der Waals surface area contributed by atoms with E-state index < -0.39 is 0 Å². The first-order valence-electron chi connectivity index (χ1n) is 6.38. The number of benzene rings is 1. The third-order valence-corrected chi connectivity index (χ3v) is 3.53. The Labute approximate surface area is 109 Å². The van der Waals surface area contributed by atoms with Crippen LogP contribution in [0.25, 0.3) is 0 Å². The number of likely N-dealkylation sites (N-methyl/N-ethyl adjacent to an activating group) is 1. The lowest BCUT2D eigenvalue weighted by atomic mass is 10.1. The standard InChI is InChI=1S/C14H22N2O2/c1-16(13-5-6-18-10-13)9-11-3-4-14(17-2)12(7-11)8-15/h3-4,7,13H,5-6,8-10,15H2,1-2H3. The van der Waals surface area contributed by atoms with Crippen LogP contribution in [0.1, 0.15) is 17.5 Å². The lowest BCUT2D eigenvalue weighted by Crippen LogP contribution is -2.31. The van der Waals surface area contributed by atoms with E-state index in [0.29, 0.717) is 12.6 Å². The van der Waals surface area contributed by atoms with Crippen molar-refractivity contribution < 1.29 is 9.47 Å². The van der Waals surface area contributed by atoms with Crippen LogP contribution in [0.15, 0.2) is 18.2 Å². The monoisotopic (exact) mass is 250 g/mol. The van der Waals surface area contributed by atoms with E-state index in [2.05, 4.69) is 24.1 Å². The van der Waals surface area contributed by atoms with Crippen LogP contribution in [-0.2, 0) is 17.8 Å². The van der Waals surface area contributed by atoms with E-state index in [0.717, 1.165) is 37.5 Å². The van der Waals surface area contributed by atoms with E-state index in [1.807, 2.05) is 6.07 Å². The van der Waals surface area contributed by atoms with Gasteiger partial charge in [0.2, 0.25) is 0 Å². The molecule has 1 aromatic rings. The fourth-order valence-corrected chi connectivity index (χ4v) is 2.38. The van der Waals surface area contributed by atoms with Crippen molar-refractivity contribution in [1.29, 1.82) is 0 Å². The van der Waals surface area contributed by atoms with Crippen LogP contribution in [0.3, 0.4) is 0 Å². The van der Waals surface area contributed by atoms with Crippen molar-refractivity contribution in [2.75, 3.05) is 27.4 Å². The summed E-state index contributed by atoms with van der Waals surface area (Å²) in [7, 11) is 3.82. The molecule has 100 valence electrons. The zero-order chi connectivity index (χ0) is 13.0. The van der Waals surface area contributed by atoms with Crippen LogP contribution in [0.2, 0.25) is 0 Å². The van der Waals surface area contributed by atoms with Crippen molar-refractivity contribution in [2.24, 2.45) is 5.73 Å². The highest BCUT2D eigenvalue weighted by Crippen LogP contribution is 2.21. The molecule has 1 atom stereocenters. The molecule has 1 fully saturated rings. The first-order valence-corrected chi connectivity index (χ1v) is 6.38. The highest BCUT2D eigenvalue weighted by Gasteiger charge is 2.20. The molecule has 0 spiro atoms. The fourth-order valence-electron chi connectivity index (χ4n) is 2.38. The van der Waals surface area contributed by atoms with Gasteiger partial charge in [0, 0.05) is 31.3 Å². The fraction of sp³-hybridized carbons (Fsp3) is 0.571. The summed E-state index contributed by atoms with van der Waals surface area (Å²) >= 11 is 0. The van der Waals surface area contributed by atoms with E-state index >= 15 is 0 Å². The quantitative estimate of drug-likeness (QED) is 0.857. The first-order chi connectivity index (χ1) is 8.74. The predicted molar refractivity (Wildman–Crippen MR) is 71.6 cm³/mol. The molecule has 1 aliphatic heterocycles. The van der Waals surface area contributed by atoms with E-state index in [9.17, 15) is 0 Å². The zero-order valence-electron chi connectivity index (χ0n) is 11.2. The molecule has 4 heteroatoms. The molecule has 1 heterocycles. The Morgan fingerprint density at radius 3 is 2.94 bits per heavy atom. The second-order valence-electron chi connectivity index (χ2n) is 4.78. The smallest absolute Gasteiger partial charge is 0.123 e. The largest absolute Gasteiger partial charge is 0.496 e. The maximum atomic E-state index is 5.73. The number of ether oxygens (including phenoxy) is 2. The minimum Gasteiger partial charge on any atom is -0.496 e. The Hall–Kier alpha value is -1.10. The number of hydrogen-bond donors (Lipinski definition) is 1. The van der Waals surface area contributed by atoms with Crippen LogP contribution < -0.4 is 10.5 Å². The van der Waals surface area contributed by atoms with Crippen molar-refractivity contribution in [1.82, 2.24) is 4.90 Å². The minimum atomic E-state index is 0.507. The number of nitrogens with two attached hydrogens (primary N) is 1. The highest BCUT2D eigenvalue weighted by molar-refractivity contribution is 5.37. The van der Waals surface area contributed by atoms with E-state index in [4.69, 9.17) is 15.2 Å². The molecule has 0 aliphatic carbocycles. The molecule has 0 saturated carbocycles. The maximum Gasteiger partial charge on any atom is 0.123 e. The Morgan fingerprint density at radius 2 is 2.33 bits per heavy atom. The van der Waals surface area contributed by atoms with Gasteiger partial charge >= 0.3 is 0 Å². The van der Waals surface area contributed by atoms with Crippen LogP contribution >= 0.6 is 0 Å². The minimum absolute atomic E-state index is 0.507. The molecule has 0 radical (unpaired) electrons. The van der Waals surface area contributed by atoms with Gasteiger partial charge in [-0.25, -0.2) is 0 Å². The van der Waals surface area contributed by atoms with Gasteiger partial charge in [-0.2, -0.15) is 0 Å². The first kappa shape index (κ1) is 13.3. The molecule has 1 aromatic carbocycles. The average molecular weight is 250 g/mol. The summed E-state index contributed by atoms with van der Waals surface area (Å²) in [5.74, 6) is 0.869. The normalized spacial score (nSPS) is 19.4. The van der Waals surface area contributed by atoms with E-state index in [1.54, 1.807) is 7.11 Å². The van der Waals surface area contributed by atoms with Crippen LogP contribution in [0.5, 0.6) is 5.75 Å². The number of rotatable bonds is 5. The van der Waals surface area contributed by atoms with Crippen molar-refractivity contribution in [3.05, 3.63) is 29.3 Å². The Balaban J connectivity index is 2.04. The molecule has 2 rings (SSSR count). The molecule has 1 unspecified atom stereocenters. The molecular formula is C14H22N2O2.